The van der Waals surface area contributed by atoms with Crippen molar-refractivity contribution in [2.75, 3.05) is 12.9 Å². The minimum atomic E-state index is 0.481. The number of hydrogen-bond acceptors (Lipinski definition) is 4. The van der Waals surface area contributed by atoms with Crippen LogP contribution in [0.3, 0.4) is 0 Å². The van der Waals surface area contributed by atoms with Gasteiger partial charge in [-0.25, -0.2) is 4.99 Å². The first-order chi connectivity index (χ1) is 11.2. The molecular weight excluding hydrogens is 353 g/mol. The van der Waals surface area contributed by atoms with Crippen LogP contribution < -0.4 is 10.2 Å². The molecule has 0 aromatic heterocycles. The summed E-state index contributed by atoms with van der Waals surface area (Å²) in [6.07, 6.45) is 0. The number of benzene rings is 2. The zero-order chi connectivity index (χ0) is 16.2. The summed E-state index contributed by atoms with van der Waals surface area (Å²) in [5.74, 6) is 1.53. The summed E-state index contributed by atoms with van der Waals surface area (Å²) in [5.41, 5.74) is 5.67. The van der Waals surface area contributed by atoms with Gasteiger partial charge in [-0.05, 0) is 30.3 Å². The molecule has 0 fully saturated rings. The average Bonchev–Trinajstić information content (AvgIpc) is 2.59. The maximum Gasteiger partial charge on any atom is 0.182 e. The van der Waals surface area contributed by atoms with Crippen molar-refractivity contribution < 1.29 is 4.74 Å². The fourth-order valence-corrected chi connectivity index (χ4v) is 3.07. The molecule has 1 N–H and O–H groups in total. The number of methoxy groups -OCH3 is 1. The van der Waals surface area contributed by atoms with Crippen LogP contribution in [0.25, 0.3) is 0 Å². The number of hydrogen-bond donors (Lipinski definition) is 1. The molecule has 2 aromatic rings. The second-order valence-electron chi connectivity index (χ2n) is 4.71. The lowest BCUT2D eigenvalue weighted by atomic mass is 10.1. The minimum absolute atomic E-state index is 0.481. The van der Waals surface area contributed by atoms with Crippen LogP contribution in [-0.2, 0) is 0 Å². The van der Waals surface area contributed by atoms with Crippen LogP contribution in [0.15, 0.2) is 52.6 Å². The molecule has 0 unspecified atom stereocenters. The van der Waals surface area contributed by atoms with Gasteiger partial charge in [0.25, 0.3) is 0 Å². The highest BCUT2D eigenvalue weighted by Crippen LogP contribution is 2.27. The first kappa shape index (κ1) is 16.2. The predicted molar refractivity (Wildman–Crippen MR) is 98.7 cm³/mol. The van der Waals surface area contributed by atoms with E-state index in [-0.39, 0.29) is 0 Å². The molecule has 2 aromatic carbocycles. The van der Waals surface area contributed by atoms with Crippen molar-refractivity contribution in [3.05, 3.63) is 58.1 Å². The Morgan fingerprint density at radius 1 is 1.17 bits per heavy atom. The van der Waals surface area contributed by atoms with Crippen molar-refractivity contribution in [1.29, 1.82) is 0 Å². The average molecular weight is 366 g/mol. The highest BCUT2D eigenvalue weighted by Gasteiger charge is 2.13. The smallest absolute Gasteiger partial charge is 0.182 e. The number of ether oxygens (including phenoxy) is 1. The molecule has 0 saturated heterocycles. The first-order valence-electron chi connectivity index (χ1n) is 6.79. The summed E-state index contributed by atoms with van der Waals surface area (Å²) in [4.78, 5) is 4.48. The van der Waals surface area contributed by atoms with Crippen LogP contribution in [0, 0.1) is 0 Å². The van der Waals surface area contributed by atoms with Crippen LogP contribution in [0.1, 0.15) is 5.56 Å². The van der Waals surface area contributed by atoms with Crippen molar-refractivity contribution in [2.24, 2.45) is 10.1 Å². The first-order valence-corrected chi connectivity index (χ1v) is 8.53. The second-order valence-corrected chi connectivity index (χ2v) is 6.48. The van der Waals surface area contributed by atoms with Gasteiger partial charge in [0.1, 0.15) is 5.75 Å². The zero-order valence-corrected chi connectivity index (χ0v) is 14.5. The maximum atomic E-state index is 6.00. The Kier molecular flexibility index (Phi) is 5.10. The van der Waals surface area contributed by atoms with Gasteiger partial charge in [-0.3, -0.25) is 5.43 Å². The number of nitrogens with zero attached hydrogens (tertiary/aromatic N) is 2. The lowest BCUT2D eigenvalue weighted by molar-refractivity contribution is 0.414. The Hall–Kier alpha value is -1.69. The fraction of sp³-hybridized carbons (Fsp3) is 0.125. The van der Waals surface area contributed by atoms with Gasteiger partial charge in [-0.2, -0.15) is 5.10 Å². The summed E-state index contributed by atoms with van der Waals surface area (Å²) in [5, 5.41) is 6.10. The number of halogens is 2. The van der Waals surface area contributed by atoms with E-state index in [9.17, 15) is 0 Å². The van der Waals surface area contributed by atoms with Crippen molar-refractivity contribution in [1.82, 2.24) is 5.43 Å². The van der Waals surface area contributed by atoms with Crippen LogP contribution in [-0.4, -0.2) is 23.7 Å². The quantitative estimate of drug-likeness (QED) is 0.854. The monoisotopic (exact) mass is 365 g/mol. The molecule has 1 heterocycles. The van der Waals surface area contributed by atoms with Gasteiger partial charge < -0.3 is 4.74 Å². The number of thioether (sulfide) groups is 1. The lowest BCUT2D eigenvalue weighted by Gasteiger charge is -2.15. The van der Waals surface area contributed by atoms with Gasteiger partial charge in [0.05, 0.1) is 28.6 Å². The van der Waals surface area contributed by atoms with Crippen LogP contribution in [0.2, 0.25) is 10.0 Å². The van der Waals surface area contributed by atoms with E-state index in [2.05, 4.69) is 15.5 Å². The molecule has 0 aliphatic carbocycles. The van der Waals surface area contributed by atoms with Gasteiger partial charge >= 0.3 is 0 Å². The third kappa shape index (κ3) is 3.99. The van der Waals surface area contributed by atoms with Gasteiger partial charge in [-0.15, -0.1) is 0 Å². The van der Waals surface area contributed by atoms with Gasteiger partial charge in [-0.1, -0.05) is 47.1 Å². The number of nitrogens with one attached hydrogen (secondary N) is 1. The van der Waals surface area contributed by atoms with Crippen molar-refractivity contribution in [2.45, 2.75) is 0 Å². The Morgan fingerprint density at radius 3 is 2.74 bits per heavy atom. The summed E-state index contributed by atoms with van der Waals surface area (Å²) >= 11 is 13.5. The third-order valence-corrected chi connectivity index (χ3v) is 4.78. The SMILES string of the molecule is COc1cccc(C2=NNC(=Nc3ccc(Cl)c(Cl)c3)SC2)c1. The lowest BCUT2D eigenvalue weighted by Crippen LogP contribution is -2.25. The van der Waals surface area contributed by atoms with E-state index in [1.165, 1.54) is 0 Å². The molecule has 1 aliphatic rings. The van der Waals surface area contributed by atoms with Gasteiger partial charge in [0.15, 0.2) is 5.17 Å². The predicted octanol–water partition coefficient (Wildman–Crippen LogP) is 4.73. The summed E-state index contributed by atoms with van der Waals surface area (Å²) < 4.78 is 5.24. The third-order valence-electron chi connectivity index (χ3n) is 3.17. The number of aliphatic imine (C=N–C) groups is 1. The second kappa shape index (κ2) is 7.25. The molecule has 1 aliphatic heterocycles. The van der Waals surface area contributed by atoms with Crippen LogP contribution in [0.5, 0.6) is 5.75 Å². The molecule has 0 saturated carbocycles. The van der Waals surface area contributed by atoms with E-state index in [1.807, 2.05) is 30.3 Å². The molecule has 4 nitrogen and oxygen atoms in total. The largest absolute Gasteiger partial charge is 0.497 e. The van der Waals surface area contributed by atoms with E-state index in [0.717, 1.165) is 33.6 Å². The molecule has 0 atom stereocenters. The number of amidine groups is 1. The zero-order valence-electron chi connectivity index (χ0n) is 12.2. The molecule has 3 rings (SSSR count). The van der Waals surface area contributed by atoms with E-state index in [4.69, 9.17) is 27.9 Å². The standard InChI is InChI=1S/C16H13Cl2N3OS/c1-22-12-4-2-3-10(7-12)15-9-23-16(21-20-15)19-11-5-6-13(17)14(18)8-11/h2-8H,9H2,1H3,(H,19,21). The molecular formula is C16H13Cl2N3OS. The molecule has 7 heteroatoms. The highest BCUT2D eigenvalue weighted by molar-refractivity contribution is 8.14. The van der Waals surface area contributed by atoms with Crippen LogP contribution in [0.4, 0.5) is 5.69 Å². The minimum Gasteiger partial charge on any atom is -0.497 e. The van der Waals surface area contributed by atoms with Gasteiger partial charge in [0, 0.05) is 11.3 Å². The maximum absolute atomic E-state index is 6.00. The summed E-state index contributed by atoms with van der Waals surface area (Å²) in [6.45, 7) is 0. The molecule has 23 heavy (non-hydrogen) atoms. The molecule has 0 spiro atoms. The van der Waals surface area contributed by atoms with Crippen LogP contribution >= 0.6 is 35.0 Å². The highest BCUT2D eigenvalue weighted by atomic mass is 35.5. The molecule has 0 radical (unpaired) electrons. The molecule has 118 valence electrons. The van der Waals surface area contributed by atoms with Crippen molar-refractivity contribution >= 4 is 51.5 Å². The Labute approximate surface area is 148 Å². The van der Waals surface area contributed by atoms with Gasteiger partial charge in [0.2, 0.25) is 0 Å². The van der Waals surface area contributed by atoms with E-state index in [1.54, 1.807) is 31.0 Å². The Bertz CT molecular complexity index is 793. The Morgan fingerprint density at radius 2 is 2.04 bits per heavy atom. The summed E-state index contributed by atoms with van der Waals surface area (Å²) in [6, 6.07) is 13.1. The van der Waals surface area contributed by atoms with E-state index < -0.39 is 0 Å². The number of hydrazone groups is 1. The molecule has 0 bridgehead atoms. The van der Waals surface area contributed by atoms with Crippen molar-refractivity contribution in [3.8, 4) is 5.75 Å². The number of rotatable bonds is 3. The van der Waals surface area contributed by atoms with E-state index in [0.29, 0.717) is 10.0 Å². The van der Waals surface area contributed by atoms with Crippen molar-refractivity contribution in [3.63, 3.8) is 0 Å². The summed E-state index contributed by atoms with van der Waals surface area (Å²) in [7, 11) is 1.65. The normalized spacial score (nSPS) is 16.0. The fourth-order valence-electron chi connectivity index (χ4n) is 2.00. The van der Waals surface area contributed by atoms with E-state index >= 15 is 0 Å². The topological polar surface area (TPSA) is 46.0 Å². The Balaban J connectivity index is 1.77. The molecule has 0 amide bonds.